The van der Waals surface area contributed by atoms with E-state index >= 15 is 0 Å². The molecule has 2 aromatic carbocycles. The van der Waals surface area contributed by atoms with Gasteiger partial charge >= 0.3 is 0 Å². The molecule has 3 rings (SSSR count). The summed E-state index contributed by atoms with van der Waals surface area (Å²) in [5.41, 5.74) is 1.25. The van der Waals surface area contributed by atoms with Crippen LogP contribution in [0.1, 0.15) is 5.56 Å². The first-order chi connectivity index (χ1) is 11.6. The summed E-state index contributed by atoms with van der Waals surface area (Å²) in [4.78, 5) is 0.0488. The molecule has 6 heteroatoms. The number of hydrogen-bond donors (Lipinski definition) is 1. The number of aromatic nitrogens is 1. The van der Waals surface area contributed by atoms with E-state index in [2.05, 4.69) is 5.32 Å². The number of halogens is 1. The molecule has 0 radical (unpaired) electrons. The second-order valence-electron chi connectivity index (χ2n) is 5.32. The van der Waals surface area contributed by atoms with Crippen LogP contribution in [0.25, 0.3) is 11.3 Å². The van der Waals surface area contributed by atoms with Crippen LogP contribution in [0.15, 0.2) is 71.6 Å². The Morgan fingerprint density at radius 2 is 1.58 bits per heavy atom. The Morgan fingerprint density at radius 1 is 1.00 bits per heavy atom. The molecule has 3 aromatic rings. The van der Waals surface area contributed by atoms with Crippen molar-refractivity contribution in [2.45, 2.75) is 11.4 Å². The first kappa shape index (κ1) is 16.4. The maximum atomic E-state index is 14.9. The molecule has 0 saturated heterocycles. The number of rotatable bonds is 5. The van der Waals surface area contributed by atoms with Crippen molar-refractivity contribution in [3.8, 4) is 11.3 Å². The molecule has 1 aromatic heterocycles. The third-order valence-corrected chi connectivity index (χ3v) is 5.40. The third kappa shape index (κ3) is 2.86. The van der Waals surface area contributed by atoms with Gasteiger partial charge in [0.25, 0.3) is 10.0 Å². The lowest BCUT2D eigenvalue weighted by Gasteiger charge is -2.11. The fraction of sp³-hybridized carbons (Fsp3) is 0.111. The van der Waals surface area contributed by atoms with Crippen LogP contribution >= 0.6 is 0 Å². The molecule has 0 aliphatic rings. The summed E-state index contributed by atoms with van der Waals surface area (Å²) >= 11 is 0. The molecule has 1 heterocycles. The van der Waals surface area contributed by atoms with Crippen LogP contribution in [-0.2, 0) is 16.6 Å². The van der Waals surface area contributed by atoms with E-state index in [1.54, 1.807) is 55.6 Å². The van der Waals surface area contributed by atoms with Crippen molar-refractivity contribution in [3.63, 3.8) is 0 Å². The number of benzene rings is 2. The zero-order chi connectivity index (χ0) is 17.2. The normalized spacial score (nSPS) is 11.6. The summed E-state index contributed by atoms with van der Waals surface area (Å²) in [7, 11) is -2.35. The van der Waals surface area contributed by atoms with E-state index in [4.69, 9.17) is 0 Å². The van der Waals surface area contributed by atoms with Gasteiger partial charge in [0.2, 0.25) is 5.95 Å². The van der Waals surface area contributed by atoms with E-state index in [0.29, 0.717) is 16.8 Å². The summed E-state index contributed by atoms with van der Waals surface area (Å²) in [5.74, 6) is -0.771. The number of hydrogen-bond acceptors (Lipinski definition) is 3. The van der Waals surface area contributed by atoms with Gasteiger partial charge in [-0.2, -0.15) is 4.39 Å². The predicted molar refractivity (Wildman–Crippen MR) is 91.6 cm³/mol. The highest BCUT2D eigenvalue weighted by Gasteiger charge is 2.27. The summed E-state index contributed by atoms with van der Waals surface area (Å²) in [6, 6.07) is 18.4. The van der Waals surface area contributed by atoms with Gasteiger partial charge in [0.15, 0.2) is 0 Å². The minimum Gasteiger partial charge on any atom is -0.316 e. The fourth-order valence-corrected chi connectivity index (χ4v) is 4.03. The van der Waals surface area contributed by atoms with Crippen LogP contribution in [-0.4, -0.2) is 19.4 Å². The molecule has 0 fully saturated rings. The van der Waals surface area contributed by atoms with Gasteiger partial charge in [-0.15, -0.1) is 0 Å². The first-order valence-corrected chi connectivity index (χ1v) is 8.90. The van der Waals surface area contributed by atoms with Crippen molar-refractivity contribution < 1.29 is 12.8 Å². The standard InChI is InChI=1S/C18H17FN2O2S/c1-20-13-15-12-17(14-8-4-2-5-9-14)21(18(15)19)24(22,23)16-10-6-3-7-11-16/h2-12,20H,13H2,1H3. The van der Waals surface area contributed by atoms with Gasteiger partial charge in [-0.3, -0.25) is 0 Å². The Bertz CT molecular complexity index is 936. The van der Waals surface area contributed by atoms with Gasteiger partial charge in [-0.25, -0.2) is 12.4 Å². The van der Waals surface area contributed by atoms with Crippen molar-refractivity contribution in [1.82, 2.24) is 9.29 Å². The molecule has 0 unspecified atom stereocenters. The van der Waals surface area contributed by atoms with Gasteiger partial charge in [0, 0.05) is 12.1 Å². The molecular weight excluding hydrogens is 327 g/mol. The molecule has 4 nitrogen and oxygen atoms in total. The lowest BCUT2D eigenvalue weighted by Crippen LogP contribution is -2.17. The maximum absolute atomic E-state index is 14.9. The highest BCUT2D eigenvalue weighted by Crippen LogP contribution is 2.29. The lowest BCUT2D eigenvalue weighted by atomic mass is 10.1. The minimum atomic E-state index is -4.03. The second-order valence-corrected chi connectivity index (χ2v) is 7.11. The maximum Gasteiger partial charge on any atom is 0.270 e. The molecule has 0 aliphatic carbocycles. The van der Waals surface area contributed by atoms with Gasteiger partial charge in [0.05, 0.1) is 10.6 Å². The van der Waals surface area contributed by atoms with E-state index in [-0.39, 0.29) is 11.4 Å². The van der Waals surface area contributed by atoms with E-state index < -0.39 is 16.0 Å². The topological polar surface area (TPSA) is 51.1 Å². The van der Waals surface area contributed by atoms with Crippen LogP contribution in [0.2, 0.25) is 0 Å². The molecule has 1 N–H and O–H groups in total. The Morgan fingerprint density at radius 3 is 2.17 bits per heavy atom. The Balaban J connectivity index is 2.27. The van der Waals surface area contributed by atoms with Gasteiger partial charge < -0.3 is 5.32 Å². The molecule has 0 spiro atoms. The van der Waals surface area contributed by atoms with Gasteiger partial charge in [0.1, 0.15) is 0 Å². The molecule has 0 atom stereocenters. The fourth-order valence-electron chi connectivity index (χ4n) is 2.58. The van der Waals surface area contributed by atoms with Crippen molar-refractivity contribution in [2.24, 2.45) is 0 Å². The molecule has 24 heavy (non-hydrogen) atoms. The van der Waals surface area contributed by atoms with Crippen LogP contribution in [0.3, 0.4) is 0 Å². The highest BCUT2D eigenvalue weighted by atomic mass is 32.2. The molecule has 0 saturated carbocycles. The molecule has 0 amide bonds. The summed E-state index contributed by atoms with van der Waals surface area (Å²) in [6.07, 6.45) is 0. The highest BCUT2D eigenvalue weighted by molar-refractivity contribution is 7.90. The largest absolute Gasteiger partial charge is 0.316 e. The van der Waals surface area contributed by atoms with E-state index in [1.807, 2.05) is 6.07 Å². The first-order valence-electron chi connectivity index (χ1n) is 7.46. The molecule has 0 bridgehead atoms. The Hall–Kier alpha value is -2.44. The van der Waals surface area contributed by atoms with Crippen LogP contribution in [0.5, 0.6) is 0 Å². The number of nitrogens with zero attached hydrogens (tertiary/aromatic N) is 1. The average Bonchev–Trinajstić information content (AvgIpc) is 2.94. The van der Waals surface area contributed by atoms with Crippen molar-refractivity contribution in [3.05, 3.63) is 78.2 Å². The van der Waals surface area contributed by atoms with Gasteiger partial charge in [-0.05, 0) is 30.8 Å². The summed E-state index contributed by atoms with van der Waals surface area (Å²) in [6.45, 7) is 0.239. The second kappa shape index (κ2) is 6.59. The van der Waals surface area contributed by atoms with Gasteiger partial charge in [-0.1, -0.05) is 48.5 Å². The summed E-state index contributed by atoms with van der Waals surface area (Å²) < 4.78 is 41.6. The predicted octanol–water partition coefficient (Wildman–Crippen LogP) is 3.25. The average molecular weight is 344 g/mol. The Kier molecular flexibility index (Phi) is 4.51. The minimum absolute atomic E-state index is 0.0488. The van der Waals surface area contributed by atoms with Crippen LogP contribution in [0.4, 0.5) is 4.39 Å². The number of nitrogens with one attached hydrogen (secondary N) is 1. The smallest absolute Gasteiger partial charge is 0.270 e. The zero-order valence-electron chi connectivity index (χ0n) is 13.1. The lowest BCUT2D eigenvalue weighted by molar-refractivity contribution is 0.531. The quantitative estimate of drug-likeness (QED) is 0.773. The Labute approximate surface area is 140 Å². The molecule has 0 aliphatic heterocycles. The van der Waals surface area contributed by atoms with E-state index in [0.717, 1.165) is 3.97 Å². The molecular formula is C18H17FN2O2S. The summed E-state index contributed by atoms with van der Waals surface area (Å²) in [5, 5.41) is 2.86. The van der Waals surface area contributed by atoms with E-state index in [1.165, 1.54) is 12.1 Å². The van der Waals surface area contributed by atoms with Crippen molar-refractivity contribution in [2.75, 3.05) is 7.05 Å². The van der Waals surface area contributed by atoms with E-state index in [9.17, 15) is 12.8 Å². The monoisotopic (exact) mass is 344 g/mol. The van der Waals surface area contributed by atoms with Crippen LogP contribution < -0.4 is 5.32 Å². The third-order valence-electron chi connectivity index (χ3n) is 3.69. The van der Waals surface area contributed by atoms with Crippen molar-refractivity contribution in [1.29, 1.82) is 0 Å². The van der Waals surface area contributed by atoms with Crippen LogP contribution in [0, 0.1) is 5.95 Å². The van der Waals surface area contributed by atoms with Crippen molar-refractivity contribution >= 4 is 10.0 Å². The zero-order valence-corrected chi connectivity index (χ0v) is 13.9. The molecule has 124 valence electrons. The SMILES string of the molecule is CNCc1cc(-c2ccccc2)n(S(=O)(=O)c2ccccc2)c1F.